The maximum absolute atomic E-state index is 4.66. The first-order valence-corrected chi connectivity index (χ1v) is 8.01. The summed E-state index contributed by atoms with van der Waals surface area (Å²) >= 11 is 1.67. The van der Waals surface area contributed by atoms with Gasteiger partial charge in [0, 0.05) is 24.5 Å². The Labute approximate surface area is 130 Å². The van der Waals surface area contributed by atoms with Gasteiger partial charge in [0.05, 0.1) is 12.2 Å². The molecule has 0 atom stereocenters. The minimum Gasteiger partial charge on any atom is -0.356 e. The molecule has 2 aromatic rings. The third kappa shape index (κ3) is 4.86. The van der Waals surface area contributed by atoms with Crippen LogP contribution in [0, 0.1) is 5.92 Å². The lowest BCUT2D eigenvalue weighted by Gasteiger charge is -2.12. The highest BCUT2D eigenvalue weighted by Gasteiger charge is 2.05. The molecular formula is C16H22N4S. The van der Waals surface area contributed by atoms with E-state index in [0.717, 1.165) is 28.8 Å². The van der Waals surface area contributed by atoms with Crippen LogP contribution < -0.4 is 10.6 Å². The number of nitrogens with one attached hydrogen (secondary N) is 2. The van der Waals surface area contributed by atoms with E-state index in [-0.39, 0.29) is 0 Å². The van der Waals surface area contributed by atoms with Crippen LogP contribution in [0.1, 0.15) is 19.5 Å². The van der Waals surface area contributed by atoms with Gasteiger partial charge >= 0.3 is 0 Å². The Morgan fingerprint density at radius 2 is 2.00 bits per heavy atom. The largest absolute Gasteiger partial charge is 0.356 e. The van der Waals surface area contributed by atoms with Crippen molar-refractivity contribution < 1.29 is 0 Å². The number of aromatic nitrogens is 1. The average molecular weight is 302 g/mol. The van der Waals surface area contributed by atoms with Crippen LogP contribution in [0.4, 0.5) is 0 Å². The topological polar surface area (TPSA) is 49.3 Å². The van der Waals surface area contributed by atoms with Gasteiger partial charge in [-0.25, -0.2) is 4.98 Å². The van der Waals surface area contributed by atoms with Crippen molar-refractivity contribution in [2.24, 2.45) is 10.9 Å². The lowest BCUT2D eigenvalue weighted by Crippen LogP contribution is -2.38. The zero-order valence-electron chi connectivity index (χ0n) is 12.8. The highest BCUT2D eigenvalue weighted by molar-refractivity contribution is 7.13. The second kappa shape index (κ2) is 7.78. The summed E-state index contributed by atoms with van der Waals surface area (Å²) in [5.74, 6) is 1.41. The Morgan fingerprint density at radius 3 is 2.67 bits per heavy atom. The number of nitrogens with zero attached hydrogens (tertiary/aromatic N) is 2. The van der Waals surface area contributed by atoms with Gasteiger partial charge in [-0.15, -0.1) is 11.3 Å². The molecule has 2 N–H and O–H groups in total. The molecule has 21 heavy (non-hydrogen) atoms. The van der Waals surface area contributed by atoms with Gasteiger partial charge in [-0.2, -0.15) is 0 Å². The molecule has 0 saturated heterocycles. The monoisotopic (exact) mass is 302 g/mol. The SMILES string of the molecule is CN=C(NCc1csc(-c2ccccc2)n1)NCC(C)C. The van der Waals surface area contributed by atoms with E-state index in [0.29, 0.717) is 12.5 Å². The fourth-order valence-electron chi connectivity index (χ4n) is 1.80. The average Bonchev–Trinajstić information content (AvgIpc) is 2.97. The Bertz CT molecular complexity index is 575. The molecule has 0 bridgehead atoms. The van der Waals surface area contributed by atoms with E-state index in [1.54, 1.807) is 18.4 Å². The minimum absolute atomic E-state index is 0.590. The van der Waals surface area contributed by atoms with Crippen molar-refractivity contribution in [3.8, 4) is 10.6 Å². The molecule has 0 aliphatic rings. The van der Waals surface area contributed by atoms with Gasteiger partial charge in [-0.05, 0) is 5.92 Å². The number of thiazole rings is 1. The number of hydrogen-bond acceptors (Lipinski definition) is 3. The molecular weight excluding hydrogens is 280 g/mol. The van der Waals surface area contributed by atoms with Gasteiger partial charge in [0.15, 0.2) is 5.96 Å². The molecule has 4 nitrogen and oxygen atoms in total. The number of aliphatic imine (C=N–C) groups is 1. The van der Waals surface area contributed by atoms with Crippen molar-refractivity contribution in [1.29, 1.82) is 0 Å². The van der Waals surface area contributed by atoms with Crippen LogP contribution in [0.25, 0.3) is 10.6 Å². The molecule has 0 radical (unpaired) electrons. The van der Waals surface area contributed by atoms with Crippen molar-refractivity contribution in [3.05, 3.63) is 41.4 Å². The summed E-state index contributed by atoms with van der Waals surface area (Å²) in [6, 6.07) is 10.3. The molecule has 0 unspecified atom stereocenters. The number of benzene rings is 1. The van der Waals surface area contributed by atoms with Crippen LogP contribution in [0.2, 0.25) is 0 Å². The lowest BCUT2D eigenvalue weighted by atomic mass is 10.2. The fourth-order valence-corrected chi connectivity index (χ4v) is 2.62. The second-order valence-corrected chi connectivity index (χ2v) is 6.07. The number of rotatable bonds is 5. The molecule has 112 valence electrons. The van der Waals surface area contributed by atoms with Crippen molar-refractivity contribution >= 4 is 17.3 Å². The highest BCUT2D eigenvalue weighted by atomic mass is 32.1. The molecule has 0 spiro atoms. The lowest BCUT2D eigenvalue weighted by molar-refractivity contribution is 0.614. The minimum atomic E-state index is 0.590. The zero-order chi connectivity index (χ0) is 15.1. The van der Waals surface area contributed by atoms with Crippen LogP contribution in [0.5, 0.6) is 0 Å². The van der Waals surface area contributed by atoms with Gasteiger partial charge in [0.2, 0.25) is 0 Å². The van der Waals surface area contributed by atoms with E-state index >= 15 is 0 Å². The summed E-state index contributed by atoms with van der Waals surface area (Å²) in [6.45, 7) is 5.94. The van der Waals surface area contributed by atoms with Crippen molar-refractivity contribution in [1.82, 2.24) is 15.6 Å². The number of guanidine groups is 1. The van der Waals surface area contributed by atoms with Gasteiger partial charge in [0.25, 0.3) is 0 Å². The number of hydrogen-bond donors (Lipinski definition) is 2. The van der Waals surface area contributed by atoms with E-state index < -0.39 is 0 Å². The molecule has 0 aliphatic heterocycles. The first-order chi connectivity index (χ1) is 10.2. The molecule has 2 rings (SSSR count). The van der Waals surface area contributed by atoms with E-state index in [9.17, 15) is 0 Å². The summed E-state index contributed by atoms with van der Waals surface area (Å²) in [5, 5.41) is 9.72. The Kier molecular flexibility index (Phi) is 5.75. The van der Waals surface area contributed by atoms with Gasteiger partial charge in [-0.3, -0.25) is 4.99 Å². The van der Waals surface area contributed by atoms with Gasteiger partial charge in [0.1, 0.15) is 5.01 Å². The molecule has 1 heterocycles. The summed E-state index contributed by atoms with van der Waals surface area (Å²) < 4.78 is 0. The van der Waals surface area contributed by atoms with Crippen molar-refractivity contribution in [3.63, 3.8) is 0 Å². The Hall–Kier alpha value is -1.88. The van der Waals surface area contributed by atoms with E-state index in [4.69, 9.17) is 0 Å². The summed E-state index contributed by atoms with van der Waals surface area (Å²) in [5.41, 5.74) is 2.20. The Morgan fingerprint density at radius 1 is 1.24 bits per heavy atom. The van der Waals surface area contributed by atoms with Crippen molar-refractivity contribution in [2.75, 3.05) is 13.6 Å². The summed E-state index contributed by atoms with van der Waals surface area (Å²) in [6.07, 6.45) is 0. The van der Waals surface area contributed by atoms with Crippen molar-refractivity contribution in [2.45, 2.75) is 20.4 Å². The van der Waals surface area contributed by atoms with Crippen LogP contribution in [-0.4, -0.2) is 24.5 Å². The standard InChI is InChI=1S/C16H22N4S/c1-12(2)9-18-16(17-3)19-10-14-11-21-15(20-14)13-7-5-4-6-8-13/h4-8,11-12H,9-10H2,1-3H3,(H2,17,18,19). The van der Waals surface area contributed by atoms with Crippen LogP contribution in [0.15, 0.2) is 40.7 Å². The fraction of sp³-hybridized carbons (Fsp3) is 0.375. The maximum atomic E-state index is 4.66. The highest BCUT2D eigenvalue weighted by Crippen LogP contribution is 2.22. The van der Waals surface area contributed by atoms with Crippen LogP contribution in [-0.2, 0) is 6.54 Å². The van der Waals surface area contributed by atoms with Crippen LogP contribution >= 0.6 is 11.3 Å². The van der Waals surface area contributed by atoms with Gasteiger partial charge in [-0.1, -0.05) is 44.2 Å². The first kappa shape index (κ1) is 15.5. The molecule has 0 amide bonds. The van der Waals surface area contributed by atoms with E-state index in [1.807, 2.05) is 18.2 Å². The molecule has 0 saturated carbocycles. The quantitative estimate of drug-likeness (QED) is 0.659. The molecule has 0 fully saturated rings. The Balaban J connectivity index is 1.91. The molecule has 1 aromatic heterocycles. The summed E-state index contributed by atoms with van der Waals surface area (Å²) in [7, 11) is 1.78. The molecule has 1 aromatic carbocycles. The first-order valence-electron chi connectivity index (χ1n) is 7.13. The normalized spacial score (nSPS) is 11.7. The predicted molar refractivity (Wildman–Crippen MR) is 90.6 cm³/mol. The third-order valence-corrected chi connectivity index (χ3v) is 3.85. The molecule has 0 aliphatic carbocycles. The molecule has 5 heteroatoms. The third-order valence-electron chi connectivity index (χ3n) is 2.91. The van der Waals surface area contributed by atoms with E-state index in [1.165, 1.54) is 0 Å². The second-order valence-electron chi connectivity index (χ2n) is 5.21. The predicted octanol–water partition coefficient (Wildman–Crippen LogP) is 3.13. The maximum Gasteiger partial charge on any atom is 0.191 e. The smallest absolute Gasteiger partial charge is 0.191 e. The van der Waals surface area contributed by atoms with E-state index in [2.05, 4.69) is 52.0 Å². The zero-order valence-corrected chi connectivity index (χ0v) is 13.6. The van der Waals surface area contributed by atoms with Crippen LogP contribution in [0.3, 0.4) is 0 Å². The van der Waals surface area contributed by atoms with Gasteiger partial charge < -0.3 is 10.6 Å². The summed E-state index contributed by atoms with van der Waals surface area (Å²) in [4.78, 5) is 8.87.